The number of nitrogens with one attached hydrogen (secondary N) is 1. The number of carbonyl (C=O) groups excluding carboxylic acids is 2. The molecule has 3 aromatic rings. The van der Waals surface area contributed by atoms with Gasteiger partial charge in [-0.15, -0.1) is 0 Å². The lowest BCUT2D eigenvalue weighted by Gasteiger charge is -2.19. The number of hydrogen-bond acceptors (Lipinski definition) is 6. The van der Waals surface area contributed by atoms with Crippen LogP contribution in [0.5, 0.6) is 0 Å². The molecular weight excluding hydrogens is 560 g/mol. The van der Waals surface area contributed by atoms with Gasteiger partial charge in [0.15, 0.2) is 5.65 Å². The summed E-state index contributed by atoms with van der Waals surface area (Å²) in [5, 5.41) is 12.5. The smallest absolute Gasteiger partial charge is 0.328 e. The Labute approximate surface area is 242 Å². The molecule has 0 saturated carbocycles. The van der Waals surface area contributed by atoms with Crippen molar-refractivity contribution in [2.45, 2.75) is 75.0 Å². The van der Waals surface area contributed by atoms with Crippen molar-refractivity contribution in [3.8, 4) is 0 Å². The standard InChI is InChI=1S/C22H24N6O3.C2H5Br.2C2H6.CH4/c1-6-9-15(7-2)19-17(13-27(26-19)14-18(29)31-22(3,4)5)25-21(30)16-12-24-28-11-8-10-23-20(16)28;1-2-3;2*1-2;/h6-13H,1-2,14H2,3-5H3,(H,25,30);2H2,1H3;2*1-2H3;1H4/b15-9+;;;;. The summed E-state index contributed by atoms with van der Waals surface area (Å²) in [6.07, 6.45) is 11.2. The normalized spacial score (nSPS) is 10.2. The minimum absolute atomic E-state index is 0. The summed E-state index contributed by atoms with van der Waals surface area (Å²) in [5.41, 5.74) is 1.59. The summed E-state index contributed by atoms with van der Waals surface area (Å²) in [4.78, 5) is 29.4. The quantitative estimate of drug-likeness (QED) is 0.171. The average Bonchev–Trinajstić information content (AvgIpc) is 3.48. The molecule has 0 atom stereocenters. The van der Waals surface area contributed by atoms with Gasteiger partial charge >= 0.3 is 5.97 Å². The molecule has 1 amide bonds. The van der Waals surface area contributed by atoms with Gasteiger partial charge in [0.2, 0.25) is 0 Å². The third-order valence-corrected chi connectivity index (χ3v) is 4.04. The van der Waals surface area contributed by atoms with Crippen LogP contribution >= 0.6 is 15.9 Å². The second kappa shape index (κ2) is 19.5. The van der Waals surface area contributed by atoms with E-state index in [2.05, 4.69) is 49.6 Å². The number of hydrogen-bond donors (Lipinski definition) is 1. The van der Waals surface area contributed by atoms with E-state index < -0.39 is 17.5 Å². The van der Waals surface area contributed by atoms with Gasteiger partial charge in [0.25, 0.3) is 5.91 Å². The Kier molecular flexibility index (Phi) is 18.8. The molecule has 3 heterocycles. The minimum atomic E-state index is -0.615. The van der Waals surface area contributed by atoms with Crippen LogP contribution in [0.25, 0.3) is 11.2 Å². The maximum absolute atomic E-state index is 12.9. The van der Waals surface area contributed by atoms with E-state index in [0.29, 0.717) is 28.2 Å². The molecule has 0 unspecified atom stereocenters. The van der Waals surface area contributed by atoms with E-state index in [1.54, 1.807) is 63.7 Å². The van der Waals surface area contributed by atoms with Gasteiger partial charge in [0, 0.05) is 29.5 Å². The molecule has 0 saturated heterocycles. The highest BCUT2D eigenvalue weighted by atomic mass is 79.9. The Balaban J connectivity index is 0. The maximum atomic E-state index is 12.9. The molecule has 0 radical (unpaired) electrons. The molecule has 10 heteroatoms. The van der Waals surface area contributed by atoms with Crippen LogP contribution < -0.4 is 5.32 Å². The van der Waals surface area contributed by atoms with E-state index in [9.17, 15) is 9.59 Å². The molecule has 216 valence electrons. The van der Waals surface area contributed by atoms with Crippen LogP contribution in [0.1, 0.15) is 78.9 Å². The number of fused-ring (bicyclic) bond motifs is 1. The van der Waals surface area contributed by atoms with Gasteiger partial charge in [-0.3, -0.25) is 14.3 Å². The first-order valence-corrected chi connectivity index (χ1v) is 13.7. The summed E-state index contributed by atoms with van der Waals surface area (Å²) in [6.45, 7) is 22.8. The lowest BCUT2D eigenvalue weighted by atomic mass is 10.1. The third kappa shape index (κ3) is 12.2. The van der Waals surface area contributed by atoms with Crippen LogP contribution in [0, 0.1) is 0 Å². The summed E-state index contributed by atoms with van der Waals surface area (Å²) in [7, 11) is 0. The molecule has 0 bridgehead atoms. The molecule has 3 rings (SSSR count). The second-order valence-corrected chi connectivity index (χ2v) is 9.03. The number of aromatic nitrogens is 5. The van der Waals surface area contributed by atoms with Crippen molar-refractivity contribution in [3.63, 3.8) is 0 Å². The zero-order chi connectivity index (χ0) is 29.3. The number of allylic oxidation sites excluding steroid dienone is 4. The molecular formula is C29H45BrN6O3. The Morgan fingerprint density at radius 2 is 1.79 bits per heavy atom. The number of anilines is 1. The van der Waals surface area contributed by atoms with Gasteiger partial charge in [-0.25, -0.2) is 9.50 Å². The number of ether oxygens (including phenoxy) is 1. The molecule has 0 fully saturated rings. The zero-order valence-electron chi connectivity index (χ0n) is 23.8. The van der Waals surface area contributed by atoms with Crippen LogP contribution in [0.3, 0.4) is 0 Å². The van der Waals surface area contributed by atoms with Crippen molar-refractivity contribution in [1.29, 1.82) is 0 Å². The van der Waals surface area contributed by atoms with Crippen LogP contribution in [-0.2, 0) is 16.1 Å². The van der Waals surface area contributed by atoms with Crippen molar-refractivity contribution < 1.29 is 14.3 Å². The van der Waals surface area contributed by atoms with Crippen molar-refractivity contribution in [1.82, 2.24) is 24.4 Å². The first-order valence-electron chi connectivity index (χ1n) is 12.5. The Morgan fingerprint density at radius 1 is 1.18 bits per heavy atom. The average molecular weight is 606 g/mol. The van der Waals surface area contributed by atoms with E-state index >= 15 is 0 Å². The van der Waals surface area contributed by atoms with Crippen LogP contribution in [0.4, 0.5) is 5.69 Å². The molecule has 39 heavy (non-hydrogen) atoms. The predicted molar refractivity (Wildman–Crippen MR) is 166 cm³/mol. The summed E-state index contributed by atoms with van der Waals surface area (Å²) >= 11 is 3.15. The number of rotatable bonds is 7. The van der Waals surface area contributed by atoms with E-state index in [1.165, 1.54) is 15.4 Å². The first kappa shape index (κ1) is 37.6. The number of alkyl halides is 1. The highest BCUT2D eigenvalue weighted by Gasteiger charge is 2.21. The fourth-order valence-corrected chi connectivity index (χ4v) is 2.86. The van der Waals surface area contributed by atoms with E-state index in [4.69, 9.17) is 4.74 Å². The summed E-state index contributed by atoms with van der Waals surface area (Å²) in [5.74, 6) is -0.854. The number of nitrogens with zero attached hydrogens (tertiary/aromatic N) is 5. The van der Waals surface area contributed by atoms with Crippen LogP contribution in [0.2, 0.25) is 0 Å². The lowest BCUT2D eigenvalue weighted by molar-refractivity contribution is -0.155. The number of esters is 1. The molecule has 0 spiro atoms. The van der Waals surface area contributed by atoms with Crippen molar-refractivity contribution in [2.75, 3.05) is 10.6 Å². The molecule has 9 nitrogen and oxygen atoms in total. The van der Waals surface area contributed by atoms with Gasteiger partial charge in [-0.05, 0) is 26.8 Å². The molecule has 1 N–H and O–H groups in total. The zero-order valence-corrected chi connectivity index (χ0v) is 25.4. The molecule has 0 aromatic carbocycles. The molecule has 0 aliphatic heterocycles. The SMILES string of the molecule is C.C=C/C=C(\C=C)c1nn(CC(=O)OC(C)(C)C)cc1NC(=O)c1cnn2cccnc12.CC.CC.CCBr. The van der Waals surface area contributed by atoms with Crippen molar-refractivity contribution in [2.24, 2.45) is 0 Å². The highest BCUT2D eigenvalue weighted by molar-refractivity contribution is 9.09. The van der Waals surface area contributed by atoms with Gasteiger partial charge in [-0.1, -0.05) is 89.4 Å². The van der Waals surface area contributed by atoms with Gasteiger partial charge in [-0.2, -0.15) is 10.2 Å². The van der Waals surface area contributed by atoms with E-state index in [1.807, 2.05) is 34.6 Å². The summed E-state index contributed by atoms with van der Waals surface area (Å²) < 4.78 is 8.27. The monoisotopic (exact) mass is 604 g/mol. The Hall–Kier alpha value is -3.53. The second-order valence-electron chi connectivity index (χ2n) is 7.90. The van der Waals surface area contributed by atoms with Gasteiger partial charge in [0.05, 0.1) is 11.9 Å². The first-order chi connectivity index (χ1) is 18.1. The molecule has 0 aliphatic carbocycles. The fraction of sp³-hybridized carbons (Fsp3) is 0.414. The van der Waals surface area contributed by atoms with E-state index in [-0.39, 0.29) is 14.0 Å². The minimum Gasteiger partial charge on any atom is -0.459 e. The van der Waals surface area contributed by atoms with Crippen LogP contribution in [0.15, 0.2) is 62.2 Å². The molecule has 0 aliphatic rings. The Bertz CT molecular complexity index is 1210. The van der Waals surface area contributed by atoms with Crippen molar-refractivity contribution >= 4 is 44.7 Å². The van der Waals surface area contributed by atoms with E-state index in [0.717, 1.165) is 5.33 Å². The largest absolute Gasteiger partial charge is 0.459 e. The third-order valence-electron chi connectivity index (χ3n) is 4.04. The topological polar surface area (TPSA) is 103 Å². The predicted octanol–water partition coefficient (Wildman–Crippen LogP) is 7.36. The maximum Gasteiger partial charge on any atom is 0.328 e. The van der Waals surface area contributed by atoms with Crippen LogP contribution in [-0.4, -0.2) is 47.2 Å². The lowest BCUT2D eigenvalue weighted by Crippen LogP contribution is -2.26. The number of carbonyl (C=O) groups is 2. The summed E-state index contributed by atoms with van der Waals surface area (Å²) in [6, 6.07) is 1.72. The number of halogens is 1. The fourth-order valence-electron chi connectivity index (χ4n) is 2.86. The highest BCUT2D eigenvalue weighted by Crippen LogP contribution is 2.25. The number of amides is 1. The van der Waals surface area contributed by atoms with Gasteiger partial charge < -0.3 is 10.1 Å². The van der Waals surface area contributed by atoms with Crippen molar-refractivity contribution in [3.05, 3.63) is 73.5 Å². The van der Waals surface area contributed by atoms with Gasteiger partial charge in [0.1, 0.15) is 23.4 Å². The molecule has 3 aromatic heterocycles. The Morgan fingerprint density at radius 3 is 2.33 bits per heavy atom.